The lowest BCUT2D eigenvalue weighted by Gasteiger charge is -2.25. The van der Waals surface area contributed by atoms with Crippen LogP contribution in [0.15, 0.2) is 24.3 Å². The van der Waals surface area contributed by atoms with Crippen LogP contribution in [0.4, 0.5) is 4.79 Å². The maximum atomic E-state index is 12.6. The highest BCUT2D eigenvalue weighted by Crippen LogP contribution is 2.32. The molecule has 0 unspecified atom stereocenters. The molecule has 1 aromatic carbocycles. The van der Waals surface area contributed by atoms with Crippen LogP contribution in [0.2, 0.25) is 0 Å². The van der Waals surface area contributed by atoms with Crippen molar-refractivity contribution in [3.63, 3.8) is 0 Å². The number of hydrogen-bond donors (Lipinski definition) is 0. The smallest absolute Gasteiger partial charge is 0.410 e. The number of Topliss-reactive ketones (excluding diaryl/α,β-unsaturated/α-hetero) is 1. The molecular weight excluding hydrogens is 348 g/mol. The molecule has 2 saturated heterocycles. The summed E-state index contributed by atoms with van der Waals surface area (Å²) in [6.07, 6.45) is 2.28. The molecule has 2 fully saturated rings. The Balaban J connectivity index is 1.51. The van der Waals surface area contributed by atoms with E-state index in [1.165, 1.54) is 0 Å². The van der Waals surface area contributed by atoms with E-state index in [9.17, 15) is 14.4 Å². The number of benzene rings is 1. The average molecular weight is 374 g/mol. The Morgan fingerprint density at radius 2 is 1.89 bits per heavy atom. The number of carbonyl (C=O) groups is 3. The van der Waals surface area contributed by atoms with Crippen LogP contribution < -0.4 is 4.74 Å². The Morgan fingerprint density at radius 3 is 2.52 bits per heavy atom. The fourth-order valence-corrected chi connectivity index (χ4v) is 3.77. The van der Waals surface area contributed by atoms with Gasteiger partial charge in [0.2, 0.25) is 5.91 Å². The number of nitrogens with zero attached hydrogens (tertiary/aromatic N) is 2. The van der Waals surface area contributed by atoms with Gasteiger partial charge in [0, 0.05) is 45.0 Å². The van der Waals surface area contributed by atoms with Crippen molar-refractivity contribution < 1.29 is 23.9 Å². The predicted molar refractivity (Wildman–Crippen MR) is 98.8 cm³/mol. The van der Waals surface area contributed by atoms with Gasteiger partial charge in [-0.25, -0.2) is 4.79 Å². The van der Waals surface area contributed by atoms with Crippen molar-refractivity contribution in [1.29, 1.82) is 0 Å². The van der Waals surface area contributed by atoms with Crippen LogP contribution in [0.3, 0.4) is 0 Å². The molecule has 1 spiro atoms. The Kier molecular flexibility index (Phi) is 5.68. The second-order valence-corrected chi connectivity index (χ2v) is 7.29. The highest BCUT2D eigenvalue weighted by molar-refractivity contribution is 5.98. The third-order valence-corrected chi connectivity index (χ3v) is 5.37. The van der Waals surface area contributed by atoms with Gasteiger partial charge in [-0.15, -0.1) is 0 Å². The van der Waals surface area contributed by atoms with Gasteiger partial charge < -0.3 is 19.3 Å². The summed E-state index contributed by atoms with van der Waals surface area (Å²) in [6.45, 7) is 1.76. The third kappa shape index (κ3) is 4.40. The van der Waals surface area contributed by atoms with Crippen molar-refractivity contribution in [2.24, 2.45) is 0 Å². The molecule has 2 amide bonds. The Labute approximate surface area is 159 Å². The fourth-order valence-electron chi connectivity index (χ4n) is 3.77. The molecule has 2 heterocycles. The molecule has 2 aliphatic heterocycles. The lowest BCUT2D eigenvalue weighted by Crippen LogP contribution is -2.36. The molecule has 0 radical (unpaired) electrons. The van der Waals surface area contributed by atoms with Gasteiger partial charge in [0.25, 0.3) is 0 Å². The highest BCUT2D eigenvalue weighted by atomic mass is 16.6. The standard InChI is InChI=1S/C20H26N2O5/c1-21-14-20(27-19(21)25)10-3-12-22(13-11-20)18(24)9-8-17(23)15-4-6-16(26-2)7-5-15/h4-7H,3,8-14H2,1-2H3/t20-/m0/s1. The molecule has 0 bridgehead atoms. The van der Waals surface area contributed by atoms with Crippen molar-refractivity contribution in [2.75, 3.05) is 33.8 Å². The molecule has 7 nitrogen and oxygen atoms in total. The summed E-state index contributed by atoms with van der Waals surface area (Å²) in [5, 5.41) is 0. The van der Waals surface area contributed by atoms with Crippen LogP contribution in [-0.2, 0) is 9.53 Å². The topological polar surface area (TPSA) is 76.2 Å². The molecule has 2 aliphatic rings. The second-order valence-electron chi connectivity index (χ2n) is 7.29. The quantitative estimate of drug-likeness (QED) is 0.740. The van der Waals surface area contributed by atoms with Crippen molar-refractivity contribution in [3.8, 4) is 5.75 Å². The Bertz CT molecular complexity index is 718. The molecule has 7 heteroatoms. The first-order valence-electron chi connectivity index (χ1n) is 9.32. The number of ketones is 1. The first-order valence-corrected chi connectivity index (χ1v) is 9.32. The van der Waals surface area contributed by atoms with E-state index in [4.69, 9.17) is 9.47 Å². The minimum absolute atomic E-state index is 0.0217. The Morgan fingerprint density at radius 1 is 1.15 bits per heavy atom. The summed E-state index contributed by atoms with van der Waals surface area (Å²) in [7, 11) is 3.31. The first-order chi connectivity index (χ1) is 12.9. The number of likely N-dealkylation sites (N-methyl/N-ethyl adjacent to an activating group) is 1. The minimum atomic E-state index is -0.472. The number of rotatable bonds is 5. The van der Waals surface area contributed by atoms with Crippen molar-refractivity contribution in [2.45, 2.75) is 37.7 Å². The fraction of sp³-hybridized carbons (Fsp3) is 0.550. The van der Waals surface area contributed by atoms with Gasteiger partial charge in [-0.05, 0) is 37.1 Å². The van der Waals surface area contributed by atoms with Gasteiger partial charge in [-0.1, -0.05) is 0 Å². The number of carbonyl (C=O) groups excluding carboxylic acids is 3. The normalized spacial score (nSPS) is 22.5. The van der Waals surface area contributed by atoms with E-state index in [1.54, 1.807) is 48.2 Å². The van der Waals surface area contributed by atoms with Crippen LogP contribution in [0.25, 0.3) is 0 Å². The van der Waals surface area contributed by atoms with Gasteiger partial charge in [0.15, 0.2) is 5.78 Å². The van der Waals surface area contributed by atoms with Crippen LogP contribution >= 0.6 is 0 Å². The highest BCUT2D eigenvalue weighted by Gasteiger charge is 2.44. The molecule has 146 valence electrons. The summed E-state index contributed by atoms with van der Waals surface area (Å²) in [5.41, 5.74) is 0.110. The van der Waals surface area contributed by atoms with Crippen LogP contribution in [0.1, 0.15) is 42.5 Å². The van der Waals surface area contributed by atoms with Crippen molar-refractivity contribution in [1.82, 2.24) is 9.80 Å². The van der Waals surface area contributed by atoms with Gasteiger partial charge in [-0.3, -0.25) is 9.59 Å². The van der Waals surface area contributed by atoms with Crippen LogP contribution in [-0.4, -0.2) is 67.0 Å². The summed E-state index contributed by atoms with van der Waals surface area (Å²) < 4.78 is 10.7. The molecule has 0 aromatic heterocycles. The summed E-state index contributed by atoms with van der Waals surface area (Å²) in [4.78, 5) is 39.9. The average Bonchev–Trinajstić information content (AvgIpc) is 2.83. The molecule has 0 aliphatic carbocycles. The van der Waals surface area contributed by atoms with E-state index in [0.717, 1.165) is 12.8 Å². The van der Waals surface area contributed by atoms with Gasteiger partial charge in [0.1, 0.15) is 11.4 Å². The van der Waals surface area contributed by atoms with E-state index in [2.05, 4.69) is 0 Å². The Hall–Kier alpha value is -2.57. The maximum absolute atomic E-state index is 12.6. The van der Waals surface area contributed by atoms with Crippen molar-refractivity contribution >= 4 is 17.8 Å². The van der Waals surface area contributed by atoms with Gasteiger partial charge >= 0.3 is 6.09 Å². The summed E-state index contributed by atoms with van der Waals surface area (Å²) in [6, 6.07) is 6.91. The lowest BCUT2D eigenvalue weighted by molar-refractivity contribution is -0.131. The zero-order valence-corrected chi connectivity index (χ0v) is 15.9. The van der Waals surface area contributed by atoms with E-state index in [-0.39, 0.29) is 30.6 Å². The minimum Gasteiger partial charge on any atom is -0.497 e. The summed E-state index contributed by atoms with van der Waals surface area (Å²) >= 11 is 0. The van der Waals surface area contributed by atoms with E-state index < -0.39 is 5.60 Å². The number of amides is 2. The third-order valence-electron chi connectivity index (χ3n) is 5.37. The molecule has 1 aromatic rings. The lowest BCUT2D eigenvalue weighted by atomic mass is 9.95. The number of ether oxygens (including phenoxy) is 2. The van der Waals surface area contributed by atoms with E-state index in [0.29, 0.717) is 37.4 Å². The predicted octanol–water partition coefficient (Wildman–Crippen LogP) is 2.49. The molecule has 27 heavy (non-hydrogen) atoms. The first kappa shape index (κ1) is 19.2. The number of methoxy groups -OCH3 is 1. The maximum Gasteiger partial charge on any atom is 0.410 e. The molecule has 0 saturated carbocycles. The summed E-state index contributed by atoms with van der Waals surface area (Å²) in [5.74, 6) is 0.620. The SMILES string of the molecule is COc1ccc(C(=O)CCC(=O)N2CCC[C@]3(CC2)CN(C)C(=O)O3)cc1. The van der Waals surface area contributed by atoms with Gasteiger partial charge in [-0.2, -0.15) is 0 Å². The number of hydrogen-bond acceptors (Lipinski definition) is 5. The monoisotopic (exact) mass is 374 g/mol. The molecule has 0 N–H and O–H groups in total. The molecule has 3 rings (SSSR count). The van der Waals surface area contributed by atoms with Gasteiger partial charge in [0.05, 0.1) is 13.7 Å². The molecular formula is C20H26N2O5. The zero-order valence-electron chi connectivity index (χ0n) is 15.9. The van der Waals surface area contributed by atoms with Crippen LogP contribution in [0.5, 0.6) is 5.75 Å². The second kappa shape index (κ2) is 7.98. The van der Waals surface area contributed by atoms with Crippen molar-refractivity contribution in [3.05, 3.63) is 29.8 Å². The van der Waals surface area contributed by atoms with E-state index >= 15 is 0 Å². The van der Waals surface area contributed by atoms with Crippen LogP contribution in [0, 0.1) is 0 Å². The molecule has 1 atom stereocenters. The van der Waals surface area contributed by atoms with E-state index in [1.807, 2.05) is 0 Å². The number of likely N-dealkylation sites (tertiary alicyclic amines) is 1. The largest absolute Gasteiger partial charge is 0.497 e. The zero-order chi connectivity index (χ0) is 19.4.